The summed E-state index contributed by atoms with van der Waals surface area (Å²) in [5.74, 6) is -0.455. The maximum Gasteiger partial charge on any atom is 0.357 e. The number of carbonyl (C=O) groups excluding carboxylic acids is 1. The van der Waals surface area contributed by atoms with Crippen molar-refractivity contribution in [3.8, 4) is 5.69 Å². The third-order valence-corrected chi connectivity index (χ3v) is 2.97. The quantitative estimate of drug-likeness (QED) is 0.693. The zero-order valence-electron chi connectivity index (χ0n) is 11.7. The van der Waals surface area contributed by atoms with Crippen LogP contribution in [0.1, 0.15) is 21.9 Å². The fourth-order valence-corrected chi connectivity index (χ4v) is 1.95. The van der Waals surface area contributed by atoms with Gasteiger partial charge in [0.25, 0.3) is 0 Å². The summed E-state index contributed by atoms with van der Waals surface area (Å²) in [6.07, 6.45) is 2.85. The van der Waals surface area contributed by atoms with Gasteiger partial charge in [0, 0.05) is 11.8 Å². The molecule has 0 amide bonds. The van der Waals surface area contributed by atoms with Crippen LogP contribution in [-0.2, 0) is 11.3 Å². The van der Waals surface area contributed by atoms with E-state index in [1.54, 1.807) is 25.1 Å². The average molecular weight is 301 g/mol. The van der Waals surface area contributed by atoms with Crippen molar-refractivity contribution in [3.63, 3.8) is 0 Å². The van der Waals surface area contributed by atoms with Crippen molar-refractivity contribution in [2.75, 3.05) is 0 Å². The van der Waals surface area contributed by atoms with E-state index in [0.29, 0.717) is 17.1 Å². The maximum absolute atomic E-state index is 13.0. The molecule has 22 heavy (non-hydrogen) atoms. The number of esters is 1. The predicted molar refractivity (Wildman–Crippen MR) is 73.9 cm³/mol. The Bertz CT molecular complexity index is 792. The lowest BCUT2D eigenvalue weighted by Crippen LogP contribution is -2.10. The fourth-order valence-electron chi connectivity index (χ4n) is 1.95. The van der Waals surface area contributed by atoms with E-state index in [0.717, 1.165) is 0 Å². The van der Waals surface area contributed by atoms with Gasteiger partial charge in [0.1, 0.15) is 5.82 Å². The molecule has 3 aromatic rings. The smallest absolute Gasteiger partial charge is 0.357 e. The molecule has 3 rings (SSSR count). The normalized spacial score (nSPS) is 10.6. The third kappa shape index (κ3) is 2.88. The molecule has 1 aromatic carbocycles. The molecule has 0 aliphatic rings. The summed E-state index contributed by atoms with van der Waals surface area (Å²) in [5, 5.41) is 3.71. The molecule has 0 N–H and O–H groups in total. The molecule has 0 unspecified atom stereocenters. The molecule has 0 bridgehead atoms. The van der Waals surface area contributed by atoms with Gasteiger partial charge >= 0.3 is 5.97 Å². The van der Waals surface area contributed by atoms with Gasteiger partial charge in [-0.1, -0.05) is 5.16 Å². The second-order valence-electron chi connectivity index (χ2n) is 4.64. The third-order valence-electron chi connectivity index (χ3n) is 2.97. The predicted octanol–water partition coefficient (Wildman–Crippen LogP) is 2.66. The molecule has 0 radical (unpaired) electrons. The van der Waals surface area contributed by atoms with Crippen LogP contribution in [0, 0.1) is 12.7 Å². The molecular weight excluding hydrogens is 289 g/mol. The Morgan fingerprint density at radius 3 is 2.82 bits per heavy atom. The van der Waals surface area contributed by atoms with Crippen molar-refractivity contribution >= 4 is 5.97 Å². The van der Waals surface area contributed by atoms with E-state index in [1.807, 2.05) is 0 Å². The van der Waals surface area contributed by atoms with E-state index in [4.69, 9.17) is 9.26 Å². The second kappa shape index (κ2) is 5.80. The molecular formula is C15H12FN3O3. The van der Waals surface area contributed by atoms with E-state index >= 15 is 0 Å². The largest absolute Gasteiger partial charge is 0.453 e. The van der Waals surface area contributed by atoms with Crippen LogP contribution in [-0.4, -0.2) is 20.7 Å². The van der Waals surface area contributed by atoms with Crippen molar-refractivity contribution in [3.05, 3.63) is 65.8 Å². The van der Waals surface area contributed by atoms with Gasteiger partial charge in [-0.15, -0.1) is 0 Å². The van der Waals surface area contributed by atoms with Crippen molar-refractivity contribution in [1.82, 2.24) is 14.7 Å². The molecule has 0 aliphatic heterocycles. The van der Waals surface area contributed by atoms with Crippen molar-refractivity contribution in [2.24, 2.45) is 0 Å². The second-order valence-corrected chi connectivity index (χ2v) is 4.64. The summed E-state index contributed by atoms with van der Waals surface area (Å²) in [4.78, 5) is 16.1. The van der Waals surface area contributed by atoms with Gasteiger partial charge in [-0.3, -0.25) is 4.57 Å². The molecule has 6 nitrogen and oxygen atoms in total. The van der Waals surface area contributed by atoms with Gasteiger partial charge in [0.2, 0.25) is 0 Å². The SMILES string of the molecule is Cc1cc(COC(=O)c2cncn2-c2ccc(F)cc2)on1. The van der Waals surface area contributed by atoms with Crippen molar-refractivity contribution in [2.45, 2.75) is 13.5 Å². The Labute approximate surface area is 125 Å². The number of aromatic nitrogens is 3. The van der Waals surface area contributed by atoms with Crippen molar-refractivity contribution < 1.29 is 18.4 Å². The van der Waals surface area contributed by atoms with Crippen LogP contribution >= 0.6 is 0 Å². The van der Waals surface area contributed by atoms with E-state index < -0.39 is 5.97 Å². The first-order valence-corrected chi connectivity index (χ1v) is 6.51. The Morgan fingerprint density at radius 1 is 1.36 bits per heavy atom. The molecule has 112 valence electrons. The first kappa shape index (κ1) is 14.0. The lowest BCUT2D eigenvalue weighted by atomic mass is 10.3. The Morgan fingerprint density at radius 2 is 2.14 bits per heavy atom. The van der Waals surface area contributed by atoms with Crippen LogP contribution in [0.3, 0.4) is 0 Å². The molecule has 0 spiro atoms. The number of carbonyl (C=O) groups is 1. The van der Waals surface area contributed by atoms with Crippen LogP contribution in [0.25, 0.3) is 5.69 Å². The zero-order valence-corrected chi connectivity index (χ0v) is 11.7. The highest BCUT2D eigenvalue weighted by atomic mass is 19.1. The standard InChI is InChI=1S/C15H12FN3O3/c1-10-6-13(22-18-10)8-21-15(20)14-7-17-9-19(14)12-4-2-11(16)3-5-12/h2-7,9H,8H2,1H3. The summed E-state index contributed by atoms with van der Waals surface area (Å²) in [5.41, 5.74) is 1.56. The number of rotatable bonds is 4. The van der Waals surface area contributed by atoms with Gasteiger partial charge < -0.3 is 9.26 Å². The number of aryl methyl sites for hydroxylation is 1. The van der Waals surface area contributed by atoms with Crippen LogP contribution in [0.15, 0.2) is 47.4 Å². The summed E-state index contributed by atoms with van der Waals surface area (Å²) in [6, 6.07) is 7.40. The number of halogens is 1. The number of benzene rings is 1. The molecule has 0 aliphatic carbocycles. The lowest BCUT2D eigenvalue weighted by Gasteiger charge is -2.07. The first-order chi connectivity index (χ1) is 10.6. The topological polar surface area (TPSA) is 70.2 Å². The molecule has 0 atom stereocenters. The highest BCUT2D eigenvalue weighted by molar-refractivity contribution is 5.88. The molecule has 0 saturated heterocycles. The highest BCUT2D eigenvalue weighted by Crippen LogP contribution is 2.14. The number of nitrogens with zero attached hydrogens (tertiary/aromatic N) is 3. The van der Waals surface area contributed by atoms with E-state index in [2.05, 4.69) is 10.1 Å². The number of ether oxygens (including phenoxy) is 1. The Kier molecular flexibility index (Phi) is 3.69. The Balaban J connectivity index is 1.76. The number of hydrogen-bond donors (Lipinski definition) is 0. The Hall–Kier alpha value is -2.96. The minimum atomic E-state index is -0.559. The van der Waals surface area contributed by atoms with Gasteiger partial charge in [-0.25, -0.2) is 14.2 Å². The maximum atomic E-state index is 13.0. The number of hydrogen-bond acceptors (Lipinski definition) is 5. The average Bonchev–Trinajstić information content (AvgIpc) is 3.14. The van der Waals surface area contributed by atoms with Gasteiger partial charge in [-0.05, 0) is 31.2 Å². The summed E-state index contributed by atoms with van der Waals surface area (Å²) in [6.45, 7) is 1.76. The van der Waals surface area contributed by atoms with Crippen LogP contribution in [0.5, 0.6) is 0 Å². The van der Waals surface area contributed by atoms with E-state index in [-0.39, 0.29) is 18.1 Å². The monoisotopic (exact) mass is 301 g/mol. The first-order valence-electron chi connectivity index (χ1n) is 6.51. The van der Waals surface area contributed by atoms with E-state index in [1.165, 1.54) is 29.2 Å². The van der Waals surface area contributed by atoms with Crippen LogP contribution in [0.4, 0.5) is 4.39 Å². The lowest BCUT2D eigenvalue weighted by molar-refractivity contribution is 0.0428. The summed E-state index contributed by atoms with van der Waals surface area (Å²) < 4.78 is 24.6. The molecule has 2 heterocycles. The fraction of sp³-hybridized carbons (Fsp3) is 0.133. The molecule has 7 heteroatoms. The van der Waals surface area contributed by atoms with Gasteiger partial charge in [0.05, 0.1) is 18.2 Å². The summed E-state index contributed by atoms with van der Waals surface area (Å²) >= 11 is 0. The molecule has 0 saturated carbocycles. The highest BCUT2D eigenvalue weighted by Gasteiger charge is 2.15. The minimum absolute atomic E-state index is 0.0196. The molecule has 0 fully saturated rings. The van der Waals surface area contributed by atoms with E-state index in [9.17, 15) is 9.18 Å². The van der Waals surface area contributed by atoms with Crippen LogP contribution in [0.2, 0.25) is 0 Å². The minimum Gasteiger partial charge on any atom is -0.453 e. The number of imidazole rings is 1. The van der Waals surface area contributed by atoms with Gasteiger partial charge in [0.15, 0.2) is 18.1 Å². The zero-order chi connectivity index (χ0) is 15.5. The van der Waals surface area contributed by atoms with Crippen LogP contribution < -0.4 is 0 Å². The summed E-state index contributed by atoms with van der Waals surface area (Å²) in [7, 11) is 0. The molecule has 2 aromatic heterocycles. The van der Waals surface area contributed by atoms with Crippen molar-refractivity contribution in [1.29, 1.82) is 0 Å². The van der Waals surface area contributed by atoms with Gasteiger partial charge in [-0.2, -0.15) is 0 Å².